The number of halogens is 1. The average Bonchev–Trinajstić information content (AvgIpc) is 3.18. The second kappa shape index (κ2) is 9.27. The Morgan fingerprint density at radius 2 is 1.79 bits per heavy atom. The fourth-order valence-corrected chi connectivity index (χ4v) is 3.95. The minimum Gasteiger partial charge on any atom is -0.442 e. The number of Topliss-reactive ketones (excluding diaryl/α,β-unsaturated/α-hetero) is 1. The first-order valence-electron chi connectivity index (χ1n) is 10.5. The van der Waals surface area contributed by atoms with Crippen LogP contribution in [-0.4, -0.2) is 56.0 Å². The first-order valence-corrected chi connectivity index (χ1v) is 10.5. The van der Waals surface area contributed by atoms with E-state index in [0.29, 0.717) is 37.3 Å². The van der Waals surface area contributed by atoms with Gasteiger partial charge in [0.2, 0.25) is 5.91 Å². The van der Waals surface area contributed by atoms with Gasteiger partial charge in [0.15, 0.2) is 0 Å². The molecule has 2 aliphatic rings. The smallest absolute Gasteiger partial charge is 0.414 e. The number of nitrogens with two attached hydrogens (primary N) is 1. The lowest BCUT2D eigenvalue weighted by atomic mass is 10.1. The van der Waals surface area contributed by atoms with Crippen molar-refractivity contribution in [2.45, 2.75) is 18.9 Å². The Morgan fingerprint density at radius 3 is 2.45 bits per heavy atom. The van der Waals surface area contributed by atoms with Crippen molar-refractivity contribution in [1.82, 2.24) is 5.32 Å². The number of primary amides is 1. The second-order valence-electron chi connectivity index (χ2n) is 7.90. The van der Waals surface area contributed by atoms with Gasteiger partial charge in [0, 0.05) is 25.9 Å². The maximum atomic E-state index is 14.8. The molecule has 2 heterocycles. The van der Waals surface area contributed by atoms with E-state index in [-0.39, 0.29) is 30.0 Å². The lowest BCUT2D eigenvalue weighted by Crippen LogP contribution is -2.35. The summed E-state index contributed by atoms with van der Waals surface area (Å²) in [5.41, 5.74) is 6.24. The Hall–Kier alpha value is -3.95. The summed E-state index contributed by atoms with van der Waals surface area (Å²) in [6.45, 7) is 1.05. The average molecular weight is 454 g/mol. The Morgan fingerprint density at radius 1 is 1.09 bits per heavy atom. The minimum atomic E-state index is -0.721. The maximum Gasteiger partial charge on any atom is 0.414 e. The van der Waals surface area contributed by atoms with Crippen LogP contribution in [0.2, 0.25) is 0 Å². The van der Waals surface area contributed by atoms with Crippen molar-refractivity contribution in [2.75, 3.05) is 36.0 Å². The van der Waals surface area contributed by atoms with Crippen LogP contribution in [-0.2, 0) is 9.53 Å². The number of rotatable bonds is 6. The number of piperidine rings is 1. The van der Waals surface area contributed by atoms with E-state index in [2.05, 4.69) is 5.32 Å². The number of hydrogen-bond acceptors (Lipinski definition) is 6. The number of hydrogen-bond donors (Lipinski definition) is 2. The highest BCUT2D eigenvalue weighted by Gasteiger charge is 2.33. The summed E-state index contributed by atoms with van der Waals surface area (Å²) in [5, 5.41) is 2.64. The van der Waals surface area contributed by atoms with E-state index >= 15 is 0 Å². The minimum absolute atomic E-state index is 0.0105. The third-order valence-corrected chi connectivity index (χ3v) is 5.71. The van der Waals surface area contributed by atoms with Gasteiger partial charge in [-0.1, -0.05) is 12.1 Å². The van der Waals surface area contributed by atoms with Gasteiger partial charge in [0.25, 0.3) is 5.91 Å². The molecule has 4 rings (SSSR count). The first kappa shape index (κ1) is 22.3. The monoisotopic (exact) mass is 454 g/mol. The van der Waals surface area contributed by atoms with Crippen molar-refractivity contribution in [2.24, 2.45) is 5.73 Å². The number of nitrogens with zero attached hydrogens (tertiary/aromatic N) is 2. The third kappa shape index (κ3) is 4.79. The molecule has 2 aliphatic heterocycles. The van der Waals surface area contributed by atoms with Gasteiger partial charge in [-0.15, -0.1) is 0 Å². The molecule has 0 saturated carbocycles. The van der Waals surface area contributed by atoms with E-state index in [1.54, 1.807) is 24.3 Å². The molecule has 0 spiro atoms. The standard InChI is InChI=1S/C23H23FN4O5/c24-19-11-14(5-6-20(19)27-9-7-15(29)8-10-27)28-13-16(33-23(28)32)12-26-22(31)18-4-2-1-3-17(18)21(25)30/h1-6,11,16H,7-10,12-13H2,(H2,25,30)(H,26,31)/t16-/m0/s1. The first-order chi connectivity index (χ1) is 15.8. The molecular formula is C23H23FN4O5. The summed E-state index contributed by atoms with van der Waals surface area (Å²) >= 11 is 0. The number of amides is 3. The summed E-state index contributed by atoms with van der Waals surface area (Å²) in [5.74, 6) is -1.57. The number of cyclic esters (lactones) is 1. The molecule has 0 aliphatic carbocycles. The number of benzene rings is 2. The van der Waals surface area contributed by atoms with Gasteiger partial charge in [-0.05, 0) is 30.3 Å². The number of carbonyl (C=O) groups is 4. The summed E-state index contributed by atoms with van der Waals surface area (Å²) in [6, 6.07) is 10.6. The van der Waals surface area contributed by atoms with E-state index in [1.165, 1.54) is 23.1 Å². The quantitative estimate of drug-likeness (QED) is 0.687. The van der Waals surface area contributed by atoms with Gasteiger partial charge in [-0.25, -0.2) is 9.18 Å². The fourth-order valence-electron chi connectivity index (χ4n) is 3.95. The summed E-state index contributed by atoms with van der Waals surface area (Å²) < 4.78 is 20.1. The molecule has 3 amide bonds. The number of ketones is 1. The molecule has 0 aromatic heterocycles. The van der Waals surface area contributed by atoms with Crippen molar-refractivity contribution < 1.29 is 28.3 Å². The predicted molar refractivity (Wildman–Crippen MR) is 118 cm³/mol. The van der Waals surface area contributed by atoms with Crippen molar-refractivity contribution in [1.29, 1.82) is 0 Å². The van der Waals surface area contributed by atoms with Crippen molar-refractivity contribution in [3.8, 4) is 0 Å². The van der Waals surface area contributed by atoms with Crippen LogP contribution in [0.25, 0.3) is 0 Å². The molecule has 172 valence electrons. The van der Waals surface area contributed by atoms with E-state index in [0.717, 1.165) is 0 Å². The van der Waals surface area contributed by atoms with E-state index in [1.807, 2.05) is 4.90 Å². The largest absolute Gasteiger partial charge is 0.442 e. The van der Waals surface area contributed by atoms with Crippen LogP contribution in [0.15, 0.2) is 42.5 Å². The number of anilines is 2. The van der Waals surface area contributed by atoms with Crippen LogP contribution >= 0.6 is 0 Å². The van der Waals surface area contributed by atoms with Crippen LogP contribution in [0.5, 0.6) is 0 Å². The molecule has 0 unspecified atom stereocenters. The van der Waals surface area contributed by atoms with Gasteiger partial charge >= 0.3 is 6.09 Å². The molecule has 2 fully saturated rings. The van der Waals surface area contributed by atoms with Crippen molar-refractivity contribution in [3.05, 3.63) is 59.4 Å². The van der Waals surface area contributed by atoms with Gasteiger partial charge in [-0.2, -0.15) is 0 Å². The van der Waals surface area contributed by atoms with Crippen LogP contribution in [0.1, 0.15) is 33.6 Å². The van der Waals surface area contributed by atoms with E-state index in [4.69, 9.17) is 10.5 Å². The summed E-state index contributed by atoms with van der Waals surface area (Å²) in [4.78, 5) is 50.8. The van der Waals surface area contributed by atoms with Gasteiger partial charge < -0.3 is 20.7 Å². The van der Waals surface area contributed by atoms with E-state index in [9.17, 15) is 23.6 Å². The molecule has 10 heteroatoms. The molecule has 33 heavy (non-hydrogen) atoms. The number of nitrogens with one attached hydrogen (secondary N) is 1. The van der Waals surface area contributed by atoms with Gasteiger partial charge in [0.1, 0.15) is 17.7 Å². The van der Waals surface area contributed by atoms with Crippen molar-refractivity contribution in [3.63, 3.8) is 0 Å². The Labute approximate surface area is 189 Å². The van der Waals surface area contributed by atoms with Crippen LogP contribution < -0.4 is 20.9 Å². The molecule has 2 aromatic carbocycles. The fraction of sp³-hybridized carbons (Fsp3) is 0.304. The van der Waals surface area contributed by atoms with Gasteiger partial charge in [-0.3, -0.25) is 19.3 Å². The molecule has 2 aromatic rings. The molecule has 9 nitrogen and oxygen atoms in total. The lowest BCUT2D eigenvalue weighted by Gasteiger charge is -2.28. The molecule has 0 radical (unpaired) electrons. The third-order valence-electron chi connectivity index (χ3n) is 5.71. The second-order valence-corrected chi connectivity index (χ2v) is 7.90. The number of carbonyl (C=O) groups excluding carboxylic acids is 4. The SMILES string of the molecule is NC(=O)c1ccccc1C(=O)NC[C@H]1CN(c2ccc(N3CCC(=O)CC3)c(F)c2)C(=O)O1. The highest BCUT2D eigenvalue weighted by atomic mass is 19.1. The lowest BCUT2D eigenvalue weighted by molar-refractivity contribution is -0.119. The molecule has 1 atom stereocenters. The van der Waals surface area contributed by atoms with E-state index < -0.39 is 29.8 Å². The Bertz CT molecular complexity index is 1110. The maximum absolute atomic E-state index is 14.8. The van der Waals surface area contributed by atoms with Gasteiger partial charge in [0.05, 0.1) is 35.6 Å². The van der Waals surface area contributed by atoms with Crippen LogP contribution in [0.3, 0.4) is 0 Å². The predicted octanol–water partition coefficient (Wildman–Crippen LogP) is 1.85. The van der Waals surface area contributed by atoms with Crippen LogP contribution in [0, 0.1) is 5.82 Å². The summed E-state index contributed by atoms with van der Waals surface area (Å²) in [7, 11) is 0. The normalized spacial score (nSPS) is 18.3. The molecule has 0 bridgehead atoms. The van der Waals surface area contributed by atoms with Crippen molar-refractivity contribution >= 4 is 35.1 Å². The highest BCUT2D eigenvalue weighted by molar-refractivity contribution is 6.06. The zero-order valence-corrected chi connectivity index (χ0v) is 17.8. The zero-order valence-electron chi connectivity index (χ0n) is 17.8. The Kier molecular flexibility index (Phi) is 6.25. The Balaban J connectivity index is 1.38. The highest BCUT2D eigenvalue weighted by Crippen LogP contribution is 2.29. The summed E-state index contributed by atoms with van der Waals surface area (Å²) in [6.07, 6.45) is -0.533. The zero-order chi connectivity index (χ0) is 23.5. The molecular weight excluding hydrogens is 431 g/mol. The topological polar surface area (TPSA) is 122 Å². The molecule has 3 N–H and O–H groups in total. The number of ether oxygens (including phenoxy) is 1. The molecule has 2 saturated heterocycles. The van der Waals surface area contributed by atoms with Crippen LogP contribution in [0.4, 0.5) is 20.6 Å².